The van der Waals surface area contributed by atoms with Crippen molar-refractivity contribution in [3.05, 3.63) is 63.8 Å². The van der Waals surface area contributed by atoms with Crippen molar-refractivity contribution in [3.8, 4) is 5.69 Å². The topological polar surface area (TPSA) is 71.4 Å². The number of hydrogen-bond donors (Lipinski definition) is 1. The molecule has 1 aliphatic heterocycles. The number of pyridine rings is 1. The van der Waals surface area contributed by atoms with E-state index in [0.717, 1.165) is 36.8 Å². The molecule has 0 atom stereocenters. The van der Waals surface area contributed by atoms with Gasteiger partial charge >= 0.3 is 0 Å². The van der Waals surface area contributed by atoms with Crippen LogP contribution in [0.25, 0.3) is 5.69 Å². The summed E-state index contributed by atoms with van der Waals surface area (Å²) < 4.78 is 14.7. The molecule has 0 saturated heterocycles. The second-order valence-electron chi connectivity index (χ2n) is 8.12. The van der Waals surface area contributed by atoms with Crippen LogP contribution in [0, 0.1) is 5.82 Å². The van der Waals surface area contributed by atoms with Gasteiger partial charge in [0.25, 0.3) is 5.56 Å². The van der Waals surface area contributed by atoms with E-state index in [1.165, 1.54) is 16.7 Å². The second-order valence-corrected chi connectivity index (χ2v) is 8.12. The molecule has 1 N–H and O–H groups in total. The smallest absolute Gasteiger partial charge is 0.255 e. The minimum atomic E-state index is -0.363. The Balaban J connectivity index is 1.40. The van der Waals surface area contributed by atoms with E-state index in [4.69, 9.17) is 0 Å². The number of fused-ring (bicyclic) bond motifs is 1. The Bertz CT molecular complexity index is 994. The fourth-order valence-electron chi connectivity index (χ4n) is 4.29. The number of carbonyl (C=O) groups excluding carboxylic acids is 2. The molecule has 2 amide bonds. The van der Waals surface area contributed by atoms with Crippen LogP contribution >= 0.6 is 0 Å². The molecule has 0 spiro atoms. The van der Waals surface area contributed by atoms with E-state index in [1.807, 2.05) is 0 Å². The summed E-state index contributed by atoms with van der Waals surface area (Å²) in [5.74, 6) is -0.474. The van der Waals surface area contributed by atoms with Crippen molar-refractivity contribution in [1.29, 1.82) is 0 Å². The van der Waals surface area contributed by atoms with Gasteiger partial charge in [0.1, 0.15) is 5.82 Å². The van der Waals surface area contributed by atoms with Crippen molar-refractivity contribution in [2.24, 2.45) is 0 Å². The number of amides is 2. The molecule has 30 heavy (non-hydrogen) atoms. The number of hydrogen-bond acceptors (Lipinski definition) is 3. The number of benzene rings is 1. The third kappa shape index (κ3) is 4.61. The molecule has 0 radical (unpaired) electrons. The molecule has 4 rings (SSSR count). The molecule has 1 fully saturated rings. The van der Waals surface area contributed by atoms with E-state index in [9.17, 15) is 18.8 Å². The molecule has 158 valence electrons. The maximum Gasteiger partial charge on any atom is 0.255 e. The van der Waals surface area contributed by atoms with Gasteiger partial charge in [-0.2, -0.15) is 0 Å². The van der Waals surface area contributed by atoms with Gasteiger partial charge < -0.3 is 10.2 Å². The van der Waals surface area contributed by atoms with Gasteiger partial charge in [-0.25, -0.2) is 4.39 Å². The van der Waals surface area contributed by atoms with Crippen LogP contribution in [0.15, 0.2) is 41.3 Å². The third-order valence-corrected chi connectivity index (χ3v) is 5.99. The van der Waals surface area contributed by atoms with Gasteiger partial charge in [0, 0.05) is 49.9 Å². The van der Waals surface area contributed by atoms with Crippen LogP contribution in [-0.2, 0) is 22.6 Å². The van der Waals surface area contributed by atoms with Crippen molar-refractivity contribution in [3.63, 3.8) is 0 Å². The van der Waals surface area contributed by atoms with Gasteiger partial charge in [-0.1, -0.05) is 12.8 Å². The Hall–Kier alpha value is -2.96. The molecule has 1 aromatic heterocycles. The zero-order chi connectivity index (χ0) is 21.1. The SMILES string of the molecule is O=C(CCC(=O)N1CCc2cc(=O)n(-c3ccc(F)cc3)cc2C1)NC1CCCC1. The van der Waals surface area contributed by atoms with Gasteiger partial charge in [0.05, 0.1) is 0 Å². The predicted molar refractivity (Wildman–Crippen MR) is 111 cm³/mol. The van der Waals surface area contributed by atoms with Gasteiger partial charge in [0.15, 0.2) is 0 Å². The summed E-state index contributed by atoms with van der Waals surface area (Å²) in [6, 6.07) is 7.59. The minimum Gasteiger partial charge on any atom is -0.353 e. The van der Waals surface area contributed by atoms with Crippen LogP contribution < -0.4 is 10.9 Å². The molecule has 1 aliphatic carbocycles. The highest BCUT2D eigenvalue weighted by Gasteiger charge is 2.23. The number of rotatable bonds is 5. The maximum absolute atomic E-state index is 13.2. The van der Waals surface area contributed by atoms with Gasteiger partial charge in [-0.05, 0) is 54.7 Å². The lowest BCUT2D eigenvalue weighted by atomic mass is 10.0. The third-order valence-electron chi connectivity index (χ3n) is 5.99. The Kier molecular flexibility index (Phi) is 5.97. The van der Waals surface area contributed by atoms with E-state index < -0.39 is 0 Å². The van der Waals surface area contributed by atoms with Crippen LogP contribution in [0.2, 0.25) is 0 Å². The summed E-state index contributed by atoms with van der Waals surface area (Å²) >= 11 is 0. The van der Waals surface area contributed by atoms with Crippen molar-refractivity contribution in [1.82, 2.24) is 14.8 Å². The zero-order valence-corrected chi connectivity index (χ0v) is 16.9. The van der Waals surface area contributed by atoms with Crippen LogP contribution in [0.5, 0.6) is 0 Å². The Morgan fingerprint density at radius 1 is 1.07 bits per heavy atom. The highest BCUT2D eigenvalue weighted by Crippen LogP contribution is 2.20. The first kappa shape index (κ1) is 20.3. The van der Waals surface area contributed by atoms with Gasteiger partial charge in [0.2, 0.25) is 11.8 Å². The van der Waals surface area contributed by atoms with Crippen molar-refractivity contribution < 1.29 is 14.0 Å². The van der Waals surface area contributed by atoms with Crippen LogP contribution in [0.4, 0.5) is 4.39 Å². The van der Waals surface area contributed by atoms with Crippen LogP contribution in [0.3, 0.4) is 0 Å². The molecule has 2 heterocycles. The van der Waals surface area contributed by atoms with E-state index in [0.29, 0.717) is 25.2 Å². The fourth-order valence-corrected chi connectivity index (χ4v) is 4.29. The van der Waals surface area contributed by atoms with E-state index in [2.05, 4.69) is 5.32 Å². The lowest BCUT2D eigenvalue weighted by Crippen LogP contribution is -2.38. The summed E-state index contributed by atoms with van der Waals surface area (Å²) in [5, 5.41) is 3.01. The second kappa shape index (κ2) is 8.81. The molecule has 6 nitrogen and oxygen atoms in total. The summed E-state index contributed by atoms with van der Waals surface area (Å²) in [7, 11) is 0. The minimum absolute atomic E-state index is 0.0539. The summed E-state index contributed by atoms with van der Waals surface area (Å²) in [5.41, 5.74) is 2.23. The number of aromatic nitrogens is 1. The van der Waals surface area contributed by atoms with Crippen molar-refractivity contribution in [2.45, 2.75) is 57.5 Å². The molecule has 0 unspecified atom stereocenters. The highest BCUT2D eigenvalue weighted by molar-refractivity contribution is 5.84. The first-order valence-electron chi connectivity index (χ1n) is 10.6. The summed E-state index contributed by atoms with van der Waals surface area (Å²) in [6.07, 6.45) is 7.09. The molecule has 7 heteroatoms. The summed E-state index contributed by atoms with van der Waals surface area (Å²) in [6.45, 7) is 0.940. The highest BCUT2D eigenvalue weighted by atomic mass is 19.1. The molecular weight excluding hydrogens is 385 g/mol. The fraction of sp³-hybridized carbons (Fsp3) is 0.435. The number of halogens is 1. The Morgan fingerprint density at radius 3 is 2.53 bits per heavy atom. The van der Waals surface area contributed by atoms with E-state index in [1.54, 1.807) is 29.3 Å². The molecule has 2 aromatic rings. The maximum atomic E-state index is 13.2. The first-order valence-corrected chi connectivity index (χ1v) is 10.6. The van der Waals surface area contributed by atoms with Crippen LogP contribution in [0.1, 0.15) is 49.7 Å². The van der Waals surface area contributed by atoms with E-state index >= 15 is 0 Å². The normalized spacial score (nSPS) is 16.4. The molecular formula is C23H26FN3O3. The number of nitrogens with one attached hydrogen (secondary N) is 1. The van der Waals surface area contributed by atoms with Crippen molar-refractivity contribution in [2.75, 3.05) is 6.54 Å². The van der Waals surface area contributed by atoms with Crippen molar-refractivity contribution >= 4 is 11.8 Å². The molecule has 1 saturated carbocycles. The lowest BCUT2D eigenvalue weighted by Gasteiger charge is -2.29. The van der Waals surface area contributed by atoms with Gasteiger partial charge in [-0.15, -0.1) is 0 Å². The molecule has 1 aromatic carbocycles. The predicted octanol–water partition coefficient (Wildman–Crippen LogP) is 2.70. The monoisotopic (exact) mass is 411 g/mol. The van der Waals surface area contributed by atoms with Crippen LogP contribution in [-0.4, -0.2) is 33.9 Å². The number of carbonyl (C=O) groups is 2. The molecule has 2 aliphatic rings. The quantitative estimate of drug-likeness (QED) is 0.822. The van der Waals surface area contributed by atoms with E-state index in [-0.39, 0.29) is 42.1 Å². The average molecular weight is 411 g/mol. The standard InChI is InChI=1S/C23H26FN3O3/c24-18-5-7-20(8-6-18)27-15-17-14-26(12-11-16(17)13-23(27)30)22(29)10-9-21(28)25-19-3-1-2-4-19/h5-8,13,15,19H,1-4,9-12,14H2,(H,25,28). The number of nitrogens with zero attached hydrogens (tertiary/aromatic N) is 2. The Morgan fingerprint density at radius 2 is 1.80 bits per heavy atom. The Labute approximate surface area is 174 Å². The zero-order valence-electron chi connectivity index (χ0n) is 16.9. The largest absolute Gasteiger partial charge is 0.353 e. The lowest BCUT2D eigenvalue weighted by molar-refractivity contribution is -0.134. The first-order chi connectivity index (χ1) is 14.5. The van der Waals surface area contributed by atoms with Gasteiger partial charge in [-0.3, -0.25) is 19.0 Å². The molecule has 0 bridgehead atoms. The summed E-state index contributed by atoms with van der Waals surface area (Å²) in [4.78, 5) is 38.9. The average Bonchev–Trinajstić information content (AvgIpc) is 3.25.